The number of aromatic nitrogens is 3. The van der Waals surface area contributed by atoms with Gasteiger partial charge in [0.1, 0.15) is 11.3 Å². The maximum Gasteiger partial charge on any atom is 0.414 e. The molecule has 49 heavy (non-hydrogen) atoms. The number of rotatable bonds is 12. The van der Waals surface area contributed by atoms with E-state index < -0.39 is 17.9 Å². The highest BCUT2D eigenvalue weighted by molar-refractivity contribution is 6.27. The zero-order valence-corrected chi connectivity index (χ0v) is 28.5. The summed E-state index contributed by atoms with van der Waals surface area (Å²) < 4.78 is 13.2. The molecule has 2 aromatic carbocycles. The van der Waals surface area contributed by atoms with Gasteiger partial charge in [0, 0.05) is 62.1 Å². The molecule has 0 atom stereocenters. The predicted octanol–water partition coefficient (Wildman–Crippen LogP) is 4.23. The van der Waals surface area contributed by atoms with E-state index in [-0.39, 0.29) is 23.5 Å². The van der Waals surface area contributed by atoms with Crippen molar-refractivity contribution in [1.82, 2.24) is 19.4 Å². The van der Waals surface area contributed by atoms with Crippen LogP contribution < -0.4 is 20.3 Å². The van der Waals surface area contributed by atoms with Crippen LogP contribution in [0, 0.1) is 0 Å². The lowest BCUT2D eigenvalue weighted by Crippen LogP contribution is -2.29. The highest BCUT2D eigenvalue weighted by Crippen LogP contribution is 2.39. The van der Waals surface area contributed by atoms with Gasteiger partial charge in [-0.25, -0.2) is 24.4 Å². The first-order valence-corrected chi connectivity index (χ1v) is 15.0. The van der Waals surface area contributed by atoms with Gasteiger partial charge in [-0.15, -0.1) is 0 Å². The molecule has 0 aliphatic rings. The number of esters is 1. The molecule has 1 amide bonds. The van der Waals surface area contributed by atoms with Crippen molar-refractivity contribution < 1.29 is 38.9 Å². The topological polar surface area (TPSA) is 188 Å². The van der Waals surface area contributed by atoms with Crippen LogP contribution in [0.1, 0.15) is 24.2 Å². The van der Waals surface area contributed by atoms with Crippen LogP contribution in [0.25, 0.3) is 22.2 Å². The summed E-state index contributed by atoms with van der Waals surface area (Å²) in [5.41, 5.74) is 4.28. The molecule has 0 spiro atoms. The number of nitrogens with one attached hydrogen (secondary N) is 2. The Morgan fingerprint density at radius 3 is 2.31 bits per heavy atom. The third-order valence-electron chi connectivity index (χ3n) is 6.99. The Morgan fingerprint density at radius 1 is 1.04 bits per heavy atom. The van der Waals surface area contributed by atoms with E-state index in [0.29, 0.717) is 29.4 Å². The number of benzene rings is 2. The summed E-state index contributed by atoms with van der Waals surface area (Å²) in [6.07, 6.45) is 4.31. The highest BCUT2D eigenvalue weighted by atomic mass is 16.5. The second-order valence-corrected chi connectivity index (χ2v) is 11.3. The van der Waals surface area contributed by atoms with E-state index in [1.165, 1.54) is 12.3 Å². The highest BCUT2D eigenvalue weighted by Gasteiger charge is 2.23. The molecule has 0 saturated carbocycles. The van der Waals surface area contributed by atoms with Crippen molar-refractivity contribution in [2.75, 3.05) is 56.9 Å². The van der Waals surface area contributed by atoms with Gasteiger partial charge in [0.15, 0.2) is 0 Å². The number of carboxylic acid groups (broad SMARTS) is 2. The molecule has 0 saturated heterocycles. The SMILES string of the molecule is C=CC(=O)Nc1cc(Nc2ncc(C(=O)OC(C)C)c(-c3cn(C)c4ccccc34)n2)c(OC)cc1N(C)CCN(C)C.O=C(O)C(=O)O. The Balaban J connectivity index is 0.000000992. The molecular formula is C34H41N7O8. The van der Waals surface area contributed by atoms with Gasteiger partial charge in [0.2, 0.25) is 11.9 Å². The maximum absolute atomic E-state index is 13.1. The molecule has 0 bridgehead atoms. The van der Waals surface area contributed by atoms with Crippen LogP contribution in [0.4, 0.5) is 23.0 Å². The van der Waals surface area contributed by atoms with Gasteiger partial charge in [-0.3, -0.25) is 4.79 Å². The summed E-state index contributed by atoms with van der Waals surface area (Å²) in [7, 11) is 9.46. The fraction of sp³-hybridized carbons (Fsp3) is 0.294. The van der Waals surface area contributed by atoms with Crippen molar-refractivity contribution in [2.45, 2.75) is 20.0 Å². The van der Waals surface area contributed by atoms with E-state index in [9.17, 15) is 9.59 Å². The molecule has 2 heterocycles. The van der Waals surface area contributed by atoms with Crippen LogP contribution in [-0.4, -0.2) is 101 Å². The molecule has 0 aliphatic carbocycles. The fourth-order valence-corrected chi connectivity index (χ4v) is 4.63. The molecular weight excluding hydrogens is 634 g/mol. The van der Waals surface area contributed by atoms with Crippen molar-refractivity contribution in [3.63, 3.8) is 0 Å². The van der Waals surface area contributed by atoms with Gasteiger partial charge < -0.3 is 44.7 Å². The minimum Gasteiger partial charge on any atom is -0.494 e. The second-order valence-electron chi connectivity index (χ2n) is 11.3. The summed E-state index contributed by atoms with van der Waals surface area (Å²) in [6.45, 7) is 8.70. The number of hydrogen-bond donors (Lipinski definition) is 4. The smallest absolute Gasteiger partial charge is 0.414 e. The molecule has 0 radical (unpaired) electrons. The van der Waals surface area contributed by atoms with E-state index in [1.54, 1.807) is 27.0 Å². The number of amides is 1. The molecule has 15 heteroatoms. The van der Waals surface area contributed by atoms with E-state index in [0.717, 1.165) is 28.7 Å². The van der Waals surface area contributed by atoms with Crippen LogP contribution in [0.3, 0.4) is 0 Å². The van der Waals surface area contributed by atoms with Gasteiger partial charge in [0.05, 0.1) is 36.0 Å². The van der Waals surface area contributed by atoms with Crippen LogP contribution in [-0.2, 0) is 26.2 Å². The van der Waals surface area contributed by atoms with Crippen LogP contribution >= 0.6 is 0 Å². The van der Waals surface area contributed by atoms with E-state index >= 15 is 0 Å². The average molecular weight is 676 g/mol. The van der Waals surface area contributed by atoms with Gasteiger partial charge in [-0.1, -0.05) is 24.8 Å². The largest absolute Gasteiger partial charge is 0.494 e. The van der Waals surface area contributed by atoms with Crippen LogP contribution in [0.2, 0.25) is 0 Å². The van der Waals surface area contributed by atoms with Crippen LogP contribution in [0.5, 0.6) is 5.75 Å². The van der Waals surface area contributed by atoms with Crippen LogP contribution in [0.15, 0.2) is 61.4 Å². The second kappa shape index (κ2) is 16.7. The number of para-hydroxylation sites is 1. The molecule has 4 N–H and O–H groups in total. The minimum absolute atomic E-state index is 0.233. The molecule has 0 aliphatic heterocycles. The fourth-order valence-electron chi connectivity index (χ4n) is 4.63. The lowest BCUT2D eigenvalue weighted by molar-refractivity contribution is -0.159. The Bertz CT molecular complexity index is 1840. The van der Waals surface area contributed by atoms with Gasteiger partial charge >= 0.3 is 17.9 Å². The number of likely N-dealkylation sites (N-methyl/N-ethyl adjacent to an activating group) is 2. The number of nitrogens with zero attached hydrogens (tertiary/aromatic N) is 5. The van der Waals surface area contributed by atoms with Crippen molar-refractivity contribution in [3.05, 3.63) is 67.0 Å². The summed E-state index contributed by atoms with van der Waals surface area (Å²) in [5.74, 6) is -3.76. The maximum atomic E-state index is 13.1. The van der Waals surface area contributed by atoms with E-state index in [2.05, 4.69) is 27.1 Å². The Morgan fingerprint density at radius 2 is 1.71 bits per heavy atom. The number of carboxylic acids is 2. The summed E-state index contributed by atoms with van der Waals surface area (Å²) in [5, 5.41) is 21.8. The summed E-state index contributed by atoms with van der Waals surface area (Å²) in [4.78, 5) is 57.1. The number of aryl methyl sites for hydroxylation is 1. The summed E-state index contributed by atoms with van der Waals surface area (Å²) in [6, 6.07) is 11.5. The minimum atomic E-state index is -1.82. The molecule has 4 rings (SSSR count). The zero-order chi connectivity index (χ0) is 36.4. The molecule has 0 fully saturated rings. The average Bonchev–Trinajstić information content (AvgIpc) is 3.39. The van der Waals surface area contributed by atoms with E-state index in [1.807, 2.05) is 74.2 Å². The lowest BCUT2D eigenvalue weighted by Gasteiger charge is -2.26. The number of anilines is 4. The van der Waals surface area contributed by atoms with Gasteiger partial charge in [-0.05, 0) is 46.2 Å². The summed E-state index contributed by atoms with van der Waals surface area (Å²) >= 11 is 0. The number of hydrogen-bond acceptors (Lipinski definition) is 11. The number of carbonyl (C=O) groups is 4. The zero-order valence-electron chi connectivity index (χ0n) is 28.5. The predicted molar refractivity (Wildman–Crippen MR) is 187 cm³/mol. The van der Waals surface area contributed by atoms with Crippen molar-refractivity contribution >= 4 is 57.7 Å². The Kier molecular flexibility index (Phi) is 12.8. The van der Waals surface area contributed by atoms with Crippen molar-refractivity contribution in [1.29, 1.82) is 0 Å². The Labute approximate surface area is 283 Å². The number of aliphatic carboxylic acids is 2. The first-order valence-electron chi connectivity index (χ1n) is 15.0. The van der Waals surface area contributed by atoms with Crippen molar-refractivity contribution in [2.24, 2.45) is 7.05 Å². The van der Waals surface area contributed by atoms with Gasteiger partial charge in [0.25, 0.3) is 0 Å². The number of carbonyl (C=O) groups excluding carboxylic acids is 2. The standard InChI is InChI=1S/C32H39N7O4.C2H2O4/c1-9-29(40)34-24-16-25(28(42-8)17-27(24)38(6)15-14-37(4)5)35-32-33-18-22(31(41)43-20(2)3)30(36-32)23-19-39(7)26-13-11-10-12-21(23)26;3-1(4)2(5)6/h9-13,16-20H,1,14-15H2,2-8H3,(H,34,40)(H,33,35,36);(H,3,4)(H,5,6). The number of fused-ring (bicyclic) bond motifs is 1. The molecule has 15 nitrogen and oxygen atoms in total. The molecule has 0 unspecified atom stereocenters. The van der Waals surface area contributed by atoms with Crippen molar-refractivity contribution in [3.8, 4) is 17.0 Å². The normalized spacial score (nSPS) is 10.6. The Hall–Kier alpha value is -5.96. The quantitative estimate of drug-likeness (QED) is 0.0950. The molecule has 2 aromatic heterocycles. The number of methoxy groups -OCH3 is 1. The monoisotopic (exact) mass is 675 g/mol. The molecule has 4 aromatic rings. The first kappa shape index (κ1) is 37.5. The molecule has 260 valence electrons. The third-order valence-corrected chi connectivity index (χ3v) is 6.99. The first-order chi connectivity index (χ1) is 23.2. The van der Waals surface area contributed by atoms with Gasteiger partial charge in [-0.2, -0.15) is 0 Å². The third kappa shape index (κ3) is 9.77. The lowest BCUT2D eigenvalue weighted by atomic mass is 10.1. The number of ether oxygens (including phenoxy) is 2. The van der Waals surface area contributed by atoms with E-state index in [4.69, 9.17) is 34.3 Å².